The van der Waals surface area contributed by atoms with Gasteiger partial charge in [-0.05, 0) is 72.5 Å². The Labute approximate surface area is 256 Å². The molecule has 8 heteroatoms. The number of aryl methyl sites for hydroxylation is 1. The lowest BCUT2D eigenvalue weighted by Crippen LogP contribution is -2.46. The van der Waals surface area contributed by atoms with E-state index in [2.05, 4.69) is 66.6 Å². The molecule has 1 atom stereocenters. The molecule has 8 nitrogen and oxygen atoms in total. The Morgan fingerprint density at radius 2 is 1.50 bits per heavy atom. The number of hydrogen-bond acceptors (Lipinski definition) is 6. The molecular formula is C36H33N7O. The number of nitrogens with zero attached hydrogens (tertiary/aromatic N) is 5. The molecule has 4 aromatic carbocycles. The molecule has 0 radical (unpaired) electrons. The molecule has 2 aliphatic heterocycles. The number of benzene rings is 4. The molecule has 5 aromatic rings. The minimum Gasteiger partial charge on any atom is -0.337 e. The number of anilines is 3. The van der Waals surface area contributed by atoms with E-state index in [9.17, 15) is 4.79 Å². The van der Waals surface area contributed by atoms with E-state index in [-0.39, 0.29) is 11.9 Å². The van der Waals surface area contributed by atoms with Gasteiger partial charge in [-0.2, -0.15) is 5.10 Å². The number of para-hydroxylation sites is 3. The summed E-state index contributed by atoms with van der Waals surface area (Å²) in [6, 6.07) is 34.6. The summed E-state index contributed by atoms with van der Waals surface area (Å²) in [5.41, 5.74) is 8.76. The quantitative estimate of drug-likeness (QED) is 0.221. The van der Waals surface area contributed by atoms with Crippen LogP contribution in [0, 0.1) is 6.92 Å². The van der Waals surface area contributed by atoms with Crippen LogP contribution in [0.3, 0.4) is 0 Å². The Hall–Kier alpha value is -5.50. The van der Waals surface area contributed by atoms with Crippen LogP contribution in [0.25, 0.3) is 5.69 Å². The van der Waals surface area contributed by atoms with Gasteiger partial charge in [0, 0.05) is 23.9 Å². The van der Waals surface area contributed by atoms with Crippen LogP contribution >= 0.6 is 0 Å². The van der Waals surface area contributed by atoms with Gasteiger partial charge in [0.1, 0.15) is 0 Å². The first kappa shape index (κ1) is 27.3. The second kappa shape index (κ2) is 11.0. The van der Waals surface area contributed by atoms with Gasteiger partial charge >= 0.3 is 0 Å². The van der Waals surface area contributed by atoms with Gasteiger partial charge in [0.05, 0.1) is 28.8 Å². The fourth-order valence-electron chi connectivity index (χ4n) is 5.90. The molecule has 0 bridgehead atoms. The maximum absolute atomic E-state index is 11.5. The maximum atomic E-state index is 11.5. The van der Waals surface area contributed by atoms with E-state index in [4.69, 9.17) is 15.1 Å². The number of carbonyl (C=O) groups excluding carboxylic acids is 1. The van der Waals surface area contributed by atoms with Crippen molar-refractivity contribution in [2.45, 2.75) is 39.7 Å². The Morgan fingerprint density at radius 3 is 2.20 bits per heavy atom. The van der Waals surface area contributed by atoms with Crippen molar-refractivity contribution in [1.82, 2.24) is 9.78 Å². The summed E-state index contributed by atoms with van der Waals surface area (Å²) in [7, 11) is 0. The molecule has 1 aromatic heterocycles. The van der Waals surface area contributed by atoms with Gasteiger partial charge in [0.15, 0.2) is 17.5 Å². The van der Waals surface area contributed by atoms with Crippen LogP contribution < -0.4 is 15.5 Å². The number of nitrogens with one attached hydrogen (secondary N) is 2. The molecule has 2 N–H and O–H groups in total. The van der Waals surface area contributed by atoms with Gasteiger partial charge in [-0.25, -0.2) is 14.7 Å². The molecule has 0 saturated heterocycles. The zero-order valence-corrected chi connectivity index (χ0v) is 25.1. The van der Waals surface area contributed by atoms with E-state index >= 15 is 0 Å². The Bertz CT molecular complexity index is 1920. The van der Waals surface area contributed by atoms with E-state index in [0.29, 0.717) is 17.6 Å². The van der Waals surface area contributed by atoms with Gasteiger partial charge in [0.25, 0.3) is 0 Å². The number of amidine groups is 2. The van der Waals surface area contributed by atoms with E-state index in [0.717, 1.165) is 51.1 Å². The average Bonchev–Trinajstić information content (AvgIpc) is 3.37. The molecule has 0 spiro atoms. The SMILES string of the molecule is CC(=O)Nc1ccc(NC2=Nc3ccccc3N3C2=Nc2c(c(C)nn2-c2ccccc2)C3c2ccc(C(C)C)cc2)cc1. The zero-order valence-electron chi connectivity index (χ0n) is 25.1. The van der Waals surface area contributed by atoms with Crippen molar-refractivity contribution in [2.75, 3.05) is 15.5 Å². The van der Waals surface area contributed by atoms with Crippen molar-refractivity contribution in [3.63, 3.8) is 0 Å². The third-order valence-corrected chi connectivity index (χ3v) is 8.03. The minimum atomic E-state index is -0.188. The monoisotopic (exact) mass is 579 g/mol. The van der Waals surface area contributed by atoms with E-state index in [1.807, 2.05) is 77.5 Å². The second-order valence-corrected chi connectivity index (χ2v) is 11.4. The maximum Gasteiger partial charge on any atom is 0.221 e. The number of aromatic nitrogens is 2. The molecule has 7 rings (SSSR count). The topological polar surface area (TPSA) is 86.9 Å². The Morgan fingerprint density at radius 1 is 0.818 bits per heavy atom. The number of aliphatic imine (C=N–C) groups is 2. The molecule has 1 amide bonds. The average molecular weight is 580 g/mol. The molecule has 218 valence electrons. The lowest BCUT2D eigenvalue weighted by molar-refractivity contribution is -0.114. The van der Waals surface area contributed by atoms with Crippen molar-refractivity contribution in [1.29, 1.82) is 0 Å². The van der Waals surface area contributed by atoms with Crippen LogP contribution in [0.15, 0.2) is 113 Å². The summed E-state index contributed by atoms with van der Waals surface area (Å²) in [4.78, 5) is 24.2. The van der Waals surface area contributed by atoms with Gasteiger partial charge in [-0.15, -0.1) is 0 Å². The summed E-state index contributed by atoms with van der Waals surface area (Å²) >= 11 is 0. The highest BCUT2D eigenvalue weighted by Gasteiger charge is 2.41. The number of fused-ring (bicyclic) bond motifs is 4. The lowest BCUT2D eigenvalue weighted by atomic mass is 9.91. The number of rotatable bonds is 5. The third-order valence-electron chi connectivity index (χ3n) is 8.03. The molecule has 0 fully saturated rings. The van der Waals surface area contributed by atoms with Crippen LogP contribution in [-0.2, 0) is 4.79 Å². The fraction of sp³-hybridized carbons (Fsp3) is 0.167. The first-order valence-corrected chi connectivity index (χ1v) is 14.8. The summed E-state index contributed by atoms with van der Waals surface area (Å²) in [5, 5.41) is 11.4. The predicted molar refractivity (Wildman–Crippen MR) is 178 cm³/mol. The molecule has 44 heavy (non-hydrogen) atoms. The predicted octanol–water partition coefficient (Wildman–Crippen LogP) is 8.06. The van der Waals surface area contributed by atoms with Gasteiger partial charge in [-0.3, -0.25) is 4.79 Å². The standard InChI is InChI=1S/C36H33N7O/c1-22(2)25-14-16-26(17-15-25)33-32-23(3)41-43(29-10-6-5-7-11-29)35(32)40-36-34(39-30-12-8-9-13-31(30)42(33)36)38-28-20-18-27(19-21-28)37-24(4)44/h5-22,33H,1-4H3,(H,37,44)(H,38,39). The summed E-state index contributed by atoms with van der Waals surface area (Å²) in [6.45, 7) is 7.99. The van der Waals surface area contributed by atoms with E-state index in [1.54, 1.807) is 0 Å². The number of carbonyl (C=O) groups is 1. The largest absolute Gasteiger partial charge is 0.337 e. The first-order chi connectivity index (χ1) is 21.4. The van der Waals surface area contributed by atoms with Crippen molar-refractivity contribution in [3.05, 3.63) is 126 Å². The van der Waals surface area contributed by atoms with Crippen molar-refractivity contribution in [3.8, 4) is 5.69 Å². The van der Waals surface area contributed by atoms with Crippen LogP contribution in [-0.4, -0.2) is 27.4 Å². The normalized spacial score (nSPS) is 15.1. The molecule has 0 aliphatic carbocycles. The fourth-order valence-corrected chi connectivity index (χ4v) is 5.90. The zero-order chi connectivity index (χ0) is 30.4. The van der Waals surface area contributed by atoms with Crippen LogP contribution in [0.2, 0.25) is 0 Å². The van der Waals surface area contributed by atoms with Crippen LogP contribution in [0.4, 0.5) is 28.6 Å². The third kappa shape index (κ3) is 4.84. The van der Waals surface area contributed by atoms with Crippen molar-refractivity contribution >= 4 is 46.1 Å². The Balaban J connectivity index is 1.42. The molecule has 2 aliphatic rings. The highest BCUT2D eigenvalue weighted by molar-refractivity contribution is 6.51. The van der Waals surface area contributed by atoms with Gasteiger partial charge in [-0.1, -0.05) is 68.4 Å². The number of amides is 1. The summed E-state index contributed by atoms with van der Waals surface area (Å²) in [6.07, 6.45) is 0. The molecular weight excluding hydrogens is 546 g/mol. The highest BCUT2D eigenvalue weighted by atomic mass is 16.1. The van der Waals surface area contributed by atoms with E-state index in [1.165, 1.54) is 12.5 Å². The Kier molecular flexibility index (Phi) is 6.81. The first-order valence-electron chi connectivity index (χ1n) is 14.8. The smallest absolute Gasteiger partial charge is 0.221 e. The lowest BCUT2D eigenvalue weighted by Gasteiger charge is -2.40. The molecule has 1 unspecified atom stereocenters. The molecule has 3 heterocycles. The highest BCUT2D eigenvalue weighted by Crippen LogP contribution is 2.48. The summed E-state index contributed by atoms with van der Waals surface area (Å²) in [5.74, 6) is 2.44. The number of hydrogen-bond donors (Lipinski definition) is 2. The van der Waals surface area contributed by atoms with Crippen LogP contribution in [0.5, 0.6) is 0 Å². The van der Waals surface area contributed by atoms with Crippen LogP contribution in [0.1, 0.15) is 55.1 Å². The van der Waals surface area contributed by atoms with Gasteiger partial charge in [0.2, 0.25) is 5.91 Å². The van der Waals surface area contributed by atoms with Crippen molar-refractivity contribution in [2.24, 2.45) is 9.98 Å². The van der Waals surface area contributed by atoms with E-state index < -0.39 is 0 Å². The van der Waals surface area contributed by atoms with Gasteiger partial charge < -0.3 is 15.5 Å². The second-order valence-electron chi connectivity index (χ2n) is 11.4. The summed E-state index contributed by atoms with van der Waals surface area (Å²) < 4.78 is 1.94. The van der Waals surface area contributed by atoms with Crippen molar-refractivity contribution < 1.29 is 4.79 Å². The minimum absolute atomic E-state index is 0.111. The molecule has 0 saturated carbocycles.